The first-order valence-electron chi connectivity index (χ1n) is 7.32. The van der Waals surface area contributed by atoms with Crippen LogP contribution in [0.25, 0.3) is 0 Å². The Bertz CT molecular complexity index is 353. The molecule has 2 rings (SSSR count). The van der Waals surface area contributed by atoms with Gasteiger partial charge >= 0.3 is 5.97 Å². The Labute approximate surface area is 119 Å². The van der Waals surface area contributed by atoms with Gasteiger partial charge in [-0.1, -0.05) is 0 Å². The van der Waals surface area contributed by atoms with Crippen LogP contribution in [0.2, 0.25) is 0 Å². The molecule has 1 amide bonds. The highest BCUT2D eigenvalue weighted by atomic mass is 16.5. The molecule has 3 atom stereocenters. The molecule has 114 valence electrons. The highest BCUT2D eigenvalue weighted by molar-refractivity contribution is 5.82. The number of hydrogen-bond acceptors (Lipinski definition) is 4. The summed E-state index contributed by atoms with van der Waals surface area (Å²) in [5.41, 5.74) is 0. The zero-order chi connectivity index (χ0) is 14.5. The van der Waals surface area contributed by atoms with Crippen LogP contribution in [0.1, 0.15) is 32.6 Å². The van der Waals surface area contributed by atoms with Crippen LogP contribution in [0.3, 0.4) is 0 Å². The van der Waals surface area contributed by atoms with Crippen molar-refractivity contribution in [3.63, 3.8) is 0 Å². The second-order valence-electron chi connectivity index (χ2n) is 5.57. The van der Waals surface area contributed by atoms with Crippen LogP contribution in [0.5, 0.6) is 0 Å². The maximum Gasteiger partial charge on any atom is 0.308 e. The smallest absolute Gasteiger partial charge is 0.308 e. The van der Waals surface area contributed by atoms with Crippen LogP contribution >= 0.6 is 0 Å². The van der Waals surface area contributed by atoms with Gasteiger partial charge in [0.25, 0.3) is 5.91 Å². The summed E-state index contributed by atoms with van der Waals surface area (Å²) in [6.07, 6.45) is 3.29. The van der Waals surface area contributed by atoms with E-state index in [0.717, 1.165) is 25.9 Å². The minimum absolute atomic E-state index is 0.0874. The Kier molecular flexibility index (Phi) is 5.37. The van der Waals surface area contributed by atoms with Crippen molar-refractivity contribution < 1.29 is 24.2 Å². The third-order valence-corrected chi connectivity index (χ3v) is 4.00. The SMILES string of the molecule is C[C@H](OC[C@@H]1CCCCO1)C(=O)N1CC[C@H](C(=O)O)C1. The summed E-state index contributed by atoms with van der Waals surface area (Å²) in [7, 11) is 0. The normalized spacial score (nSPS) is 28.4. The molecule has 0 spiro atoms. The number of nitrogens with zero attached hydrogens (tertiary/aromatic N) is 1. The number of ether oxygens (including phenoxy) is 2. The number of aliphatic carboxylic acids is 1. The maximum atomic E-state index is 12.2. The molecule has 0 radical (unpaired) electrons. The number of carboxylic acids is 1. The second kappa shape index (κ2) is 7.04. The minimum Gasteiger partial charge on any atom is -0.481 e. The molecule has 2 heterocycles. The van der Waals surface area contributed by atoms with Crippen molar-refractivity contribution in [3.8, 4) is 0 Å². The minimum atomic E-state index is -0.829. The van der Waals surface area contributed by atoms with Crippen LogP contribution in [-0.4, -0.2) is 60.4 Å². The molecule has 2 aliphatic rings. The van der Waals surface area contributed by atoms with Crippen LogP contribution in [0, 0.1) is 5.92 Å². The van der Waals surface area contributed by atoms with Crippen molar-refractivity contribution in [2.45, 2.75) is 44.8 Å². The van der Waals surface area contributed by atoms with E-state index < -0.39 is 18.0 Å². The highest BCUT2D eigenvalue weighted by Crippen LogP contribution is 2.18. The summed E-state index contributed by atoms with van der Waals surface area (Å²) in [6.45, 7) is 3.72. The van der Waals surface area contributed by atoms with E-state index in [4.69, 9.17) is 14.6 Å². The molecule has 0 aromatic carbocycles. The van der Waals surface area contributed by atoms with Gasteiger partial charge in [-0.3, -0.25) is 9.59 Å². The topological polar surface area (TPSA) is 76.1 Å². The van der Waals surface area contributed by atoms with Crippen molar-refractivity contribution in [2.75, 3.05) is 26.3 Å². The van der Waals surface area contributed by atoms with Crippen LogP contribution in [0.4, 0.5) is 0 Å². The number of carboxylic acid groups (broad SMARTS) is 1. The molecule has 1 N–H and O–H groups in total. The van der Waals surface area contributed by atoms with Gasteiger partial charge in [-0.05, 0) is 32.6 Å². The fourth-order valence-corrected chi connectivity index (χ4v) is 2.68. The monoisotopic (exact) mass is 285 g/mol. The van der Waals surface area contributed by atoms with E-state index in [-0.39, 0.29) is 12.0 Å². The Hall–Kier alpha value is -1.14. The molecule has 0 saturated carbocycles. The predicted octanol–water partition coefficient (Wildman–Crippen LogP) is 0.894. The van der Waals surface area contributed by atoms with Crippen molar-refractivity contribution in [2.24, 2.45) is 5.92 Å². The average Bonchev–Trinajstić information content (AvgIpc) is 2.95. The van der Waals surface area contributed by atoms with Crippen molar-refractivity contribution >= 4 is 11.9 Å². The third-order valence-electron chi connectivity index (χ3n) is 4.00. The highest BCUT2D eigenvalue weighted by Gasteiger charge is 2.33. The summed E-state index contributed by atoms with van der Waals surface area (Å²) in [6, 6.07) is 0. The molecule has 20 heavy (non-hydrogen) atoms. The van der Waals surface area contributed by atoms with E-state index in [9.17, 15) is 9.59 Å². The first kappa shape index (κ1) is 15.3. The lowest BCUT2D eigenvalue weighted by Gasteiger charge is -2.25. The quantitative estimate of drug-likeness (QED) is 0.812. The molecule has 6 nitrogen and oxygen atoms in total. The zero-order valence-corrected chi connectivity index (χ0v) is 11.9. The summed E-state index contributed by atoms with van der Waals surface area (Å²) < 4.78 is 11.1. The molecule has 0 aliphatic carbocycles. The summed E-state index contributed by atoms with van der Waals surface area (Å²) >= 11 is 0. The van der Waals surface area contributed by atoms with Crippen LogP contribution < -0.4 is 0 Å². The number of rotatable bonds is 5. The molecule has 0 aromatic rings. The fraction of sp³-hybridized carbons (Fsp3) is 0.857. The van der Waals surface area contributed by atoms with Crippen molar-refractivity contribution in [1.29, 1.82) is 0 Å². The standard InChI is InChI=1S/C14H23NO5/c1-10(20-9-12-4-2-3-7-19-12)13(16)15-6-5-11(8-15)14(17)18/h10-12H,2-9H2,1H3,(H,17,18)/t10-,11-,12-/m0/s1. The van der Waals surface area contributed by atoms with E-state index in [1.54, 1.807) is 11.8 Å². The lowest BCUT2D eigenvalue weighted by atomic mass is 10.1. The van der Waals surface area contributed by atoms with Gasteiger partial charge in [-0.15, -0.1) is 0 Å². The third kappa shape index (κ3) is 3.93. The molecular weight excluding hydrogens is 262 g/mol. The Morgan fingerprint density at radius 2 is 2.20 bits per heavy atom. The summed E-state index contributed by atoms with van der Waals surface area (Å²) in [5.74, 6) is -1.39. The second-order valence-corrected chi connectivity index (χ2v) is 5.57. The molecule has 2 saturated heterocycles. The average molecular weight is 285 g/mol. The lowest BCUT2D eigenvalue weighted by molar-refractivity contribution is -0.146. The Morgan fingerprint density at radius 3 is 2.80 bits per heavy atom. The largest absolute Gasteiger partial charge is 0.481 e. The van der Waals surface area contributed by atoms with E-state index in [0.29, 0.717) is 26.1 Å². The number of carbonyl (C=O) groups excluding carboxylic acids is 1. The first-order valence-corrected chi connectivity index (χ1v) is 7.32. The number of carbonyl (C=O) groups is 2. The summed E-state index contributed by atoms with van der Waals surface area (Å²) in [5, 5.41) is 8.94. The van der Waals surface area contributed by atoms with Gasteiger partial charge in [0.05, 0.1) is 18.6 Å². The van der Waals surface area contributed by atoms with Crippen LogP contribution in [0.15, 0.2) is 0 Å². The Morgan fingerprint density at radius 1 is 1.40 bits per heavy atom. The van der Waals surface area contributed by atoms with Gasteiger partial charge in [0.1, 0.15) is 6.10 Å². The molecular formula is C14H23NO5. The number of likely N-dealkylation sites (tertiary alicyclic amines) is 1. The molecule has 2 fully saturated rings. The van der Waals surface area contributed by atoms with Crippen molar-refractivity contribution in [1.82, 2.24) is 4.90 Å². The predicted molar refractivity (Wildman–Crippen MR) is 71.3 cm³/mol. The molecule has 2 aliphatic heterocycles. The molecule has 0 unspecified atom stereocenters. The van der Waals surface area contributed by atoms with Gasteiger partial charge in [-0.25, -0.2) is 0 Å². The van der Waals surface area contributed by atoms with Gasteiger partial charge in [0.15, 0.2) is 0 Å². The maximum absolute atomic E-state index is 12.2. The van der Waals surface area contributed by atoms with E-state index in [1.165, 1.54) is 0 Å². The van der Waals surface area contributed by atoms with Gasteiger partial charge in [0, 0.05) is 19.7 Å². The first-order chi connectivity index (χ1) is 9.58. The van der Waals surface area contributed by atoms with Gasteiger partial charge < -0.3 is 19.5 Å². The van der Waals surface area contributed by atoms with E-state index in [2.05, 4.69) is 0 Å². The fourth-order valence-electron chi connectivity index (χ4n) is 2.68. The van der Waals surface area contributed by atoms with E-state index in [1.807, 2.05) is 0 Å². The lowest BCUT2D eigenvalue weighted by Crippen LogP contribution is -2.39. The van der Waals surface area contributed by atoms with E-state index >= 15 is 0 Å². The molecule has 0 bridgehead atoms. The zero-order valence-electron chi connectivity index (χ0n) is 11.9. The van der Waals surface area contributed by atoms with Gasteiger partial charge in [0.2, 0.25) is 0 Å². The number of hydrogen-bond donors (Lipinski definition) is 1. The Balaban J connectivity index is 1.73. The van der Waals surface area contributed by atoms with Crippen molar-refractivity contribution in [3.05, 3.63) is 0 Å². The summed E-state index contributed by atoms with van der Waals surface area (Å²) in [4.78, 5) is 24.6. The van der Waals surface area contributed by atoms with Crippen LogP contribution in [-0.2, 0) is 19.1 Å². The van der Waals surface area contributed by atoms with Gasteiger partial charge in [-0.2, -0.15) is 0 Å². The number of amides is 1. The molecule has 0 aromatic heterocycles. The molecule has 6 heteroatoms.